The number of hydrogen-bond acceptors (Lipinski definition) is 6. The number of methoxy groups -OCH3 is 1. The molecule has 1 N–H and O–H groups in total. The molecule has 2 aliphatic rings. The van der Waals surface area contributed by atoms with Gasteiger partial charge in [-0.3, -0.25) is 9.59 Å². The number of carbonyl (C=O) groups excluding carboxylic acids is 2. The van der Waals surface area contributed by atoms with E-state index in [1.165, 1.54) is 0 Å². The van der Waals surface area contributed by atoms with Crippen LogP contribution in [0.5, 0.6) is 5.75 Å². The summed E-state index contributed by atoms with van der Waals surface area (Å²) in [6.07, 6.45) is 0.714. The number of rotatable bonds is 6. The van der Waals surface area contributed by atoms with E-state index in [0.717, 1.165) is 11.6 Å². The van der Waals surface area contributed by atoms with E-state index in [0.29, 0.717) is 50.1 Å². The second-order valence-corrected chi connectivity index (χ2v) is 7.39. The van der Waals surface area contributed by atoms with Gasteiger partial charge in [0, 0.05) is 38.3 Å². The van der Waals surface area contributed by atoms with Crippen molar-refractivity contribution in [3.8, 4) is 5.75 Å². The first kappa shape index (κ1) is 19.4. The highest BCUT2D eigenvalue weighted by atomic mass is 16.5. The summed E-state index contributed by atoms with van der Waals surface area (Å²) in [5.41, 5.74) is 0.662. The lowest BCUT2D eigenvalue weighted by molar-refractivity contribution is -0.135. The predicted octanol–water partition coefficient (Wildman–Crippen LogP) is 1.21. The summed E-state index contributed by atoms with van der Waals surface area (Å²) >= 11 is 0. The van der Waals surface area contributed by atoms with Crippen molar-refractivity contribution in [2.24, 2.45) is 11.8 Å². The average molecular weight is 399 g/mol. The van der Waals surface area contributed by atoms with Crippen LogP contribution in [0, 0.1) is 11.8 Å². The zero-order valence-corrected chi connectivity index (χ0v) is 16.6. The number of nitrogens with one attached hydrogen (secondary N) is 1. The molecule has 1 aromatic heterocycles. The fourth-order valence-corrected chi connectivity index (χ4v) is 4.04. The molecule has 2 aromatic rings. The molecule has 9 heteroatoms. The highest BCUT2D eigenvalue weighted by Gasteiger charge is 2.40. The SMILES string of the molecule is CCOCC(=O)N1C[C@@H]2Cc3nnc(C(=O)Nc4ccc(OC)cc4)n3C[C@@H]2C1. The number of amides is 2. The van der Waals surface area contributed by atoms with Crippen LogP contribution < -0.4 is 10.1 Å². The van der Waals surface area contributed by atoms with Crippen molar-refractivity contribution in [3.63, 3.8) is 0 Å². The molecule has 1 aromatic carbocycles. The summed E-state index contributed by atoms with van der Waals surface area (Å²) < 4.78 is 12.3. The van der Waals surface area contributed by atoms with Crippen LogP contribution in [-0.2, 0) is 22.5 Å². The Balaban J connectivity index is 1.43. The summed E-state index contributed by atoms with van der Waals surface area (Å²) in [6.45, 7) is 4.54. The molecule has 0 spiro atoms. The van der Waals surface area contributed by atoms with Crippen LogP contribution in [0.15, 0.2) is 24.3 Å². The van der Waals surface area contributed by atoms with Crippen LogP contribution in [0.4, 0.5) is 5.69 Å². The number of nitrogens with zero attached hydrogens (tertiary/aromatic N) is 4. The highest BCUT2D eigenvalue weighted by molar-refractivity contribution is 6.01. The molecule has 2 amide bonds. The highest BCUT2D eigenvalue weighted by Crippen LogP contribution is 2.32. The van der Waals surface area contributed by atoms with E-state index in [4.69, 9.17) is 9.47 Å². The molecular weight excluding hydrogens is 374 g/mol. The van der Waals surface area contributed by atoms with Crippen molar-refractivity contribution in [3.05, 3.63) is 35.9 Å². The van der Waals surface area contributed by atoms with Gasteiger partial charge >= 0.3 is 0 Å². The molecule has 2 atom stereocenters. The number of aromatic nitrogens is 3. The van der Waals surface area contributed by atoms with E-state index >= 15 is 0 Å². The molecule has 4 rings (SSSR count). The second kappa shape index (κ2) is 8.20. The van der Waals surface area contributed by atoms with Crippen LogP contribution in [0.25, 0.3) is 0 Å². The maximum absolute atomic E-state index is 12.7. The molecule has 0 radical (unpaired) electrons. The maximum atomic E-state index is 12.7. The van der Waals surface area contributed by atoms with Crippen molar-refractivity contribution in [1.29, 1.82) is 0 Å². The monoisotopic (exact) mass is 399 g/mol. The van der Waals surface area contributed by atoms with Gasteiger partial charge in [0.25, 0.3) is 5.91 Å². The Hall–Kier alpha value is -2.94. The van der Waals surface area contributed by atoms with Gasteiger partial charge in [-0.15, -0.1) is 10.2 Å². The number of fused-ring (bicyclic) bond motifs is 2. The minimum Gasteiger partial charge on any atom is -0.497 e. The first-order chi connectivity index (χ1) is 14.1. The second-order valence-electron chi connectivity index (χ2n) is 7.39. The fraction of sp³-hybridized carbons (Fsp3) is 0.500. The van der Waals surface area contributed by atoms with Gasteiger partial charge in [0.1, 0.15) is 18.2 Å². The number of benzene rings is 1. The molecule has 2 aliphatic heterocycles. The van der Waals surface area contributed by atoms with Gasteiger partial charge in [0.15, 0.2) is 0 Å². The van der Waals surface area contributed by atoms with Crippen molar-refractivity contribution in [2.45, 2.75) is 19.9 Å². The smallest absolute Gasteiger partial charge is 0.293 e. The van der Waals surface area contributed by atoms with Crippen molar-refractivity contribution < 1.29 is 19.1 Å². The Bertz CT molecular complexity index is 895. The number of hydrogen-bond donors (Lipinski definition) is 1. The van der Waals surface area contributed by atoms with Crippen molar-refractivity contribution in [1.82, 2.24) is 19.7 Å². The molecule has 0 unspecified atom stereocenters. The van der Waals surface area contributed by atoms with Crippen LogP contribution >= 0.6 is 0 Å². The Kier molecular flexibility index (Phi) is 5.48. The number of anilines is 1. The summed E-state index contributed by atoms with van der Waals surface area (Å²) in [4.78, 5) is 26.9. The molecule has 9 nitrogen and oxygen atoms in total. The topological polar surface area (TPSA) is 98.6 Å². The first-order valence-electron chi connectivity index (χ1n) is 9.82. The number of ether oxygens (including phenoxy) is 2. The van der Waals surface area contributed by atoms with E-state index in [-0.39, 0.29) is 24.3 Å². The standard InChI is InChI=1S/C20H25N5O4/c1-3-29-12-18(26)24-9-13-8-17-22-23-19(25(17)11-14(13)10-24)20(27)21-15-4-6-16(28-2)7-5-15/h4-7,13-14H,3,8-12H2,1-2H3,(H,21,27)/t13-,14-/m0/s1. The summed E-state index contributed by atoms with van der Waals surface area (Å²) in [5, 5.41) is 11.2. The zero-order chi connectivity index (χ0) is 20.4. The third-order valence-electron chi connectivity index (χ3n) is 5.60. The molecule has 154 valence electrons. The maximum Gasteiger partial charge on any atom is 0.293 e. The molecule has 29 heavy (non-hydrogen) atoms. The van der Waals surface area contributed by atoms with Gasteiger partial charge in [-0.25, -0.2) is 0 Å². The predicted molar refractivity (Wildman–Crippen MR) is 105 cm³/mol. The normalized spacial score (nSPS) is 20.1. The Morgan fingerprint density at radius 3 is 2.62 bits per heavy atom. The van der Waals surface area contributed by atoms with E-state index in [1.807, 2.05) is 16.4 Å². The van der Waals surface area contributed by atoms with Gasteiger partial charge in [-0.05, 0) is 43.0 Å². The first-order valence-corrected chi connectivity index (χ1v) is 9.82. The number of carbonyl (C=O) groups is 2. The fourth-order valence-electron chi connectivity index (χ4n) is 4.04. The Morgan fingerprint density at radius 2 is 1.90 bits per heavy atom. The largest absolute Gasteiger partial charge is 0.497 e. The quantitative estimate of drug-likeness (QED) is 0.784. The van der Waals surface area contributed by atoms with E-state index in [1.54, 1.807) is 31.4 Å². The molecule has 1 saturated heterocycles. The minimum atomic E-state index is -0.297. The summed E-state index contributed by atoms with van der Waals surface area (Å²) in [5.74, 6) is 2.17. The van der Waals surface area contributed by atoms with E-state index < -0.39 is 0 Å². The molecule has 0 bridgehead atoms. The van der Waals surface area contributed by atoms with Gasteiger partial charge in [0.05, 0.1) is 7.11 Å². The van der Waals surface area contributed by atoms with Crippen LogP contribution in [0.1, 0.15) is 23.4 Å². The van der Waals surface area contributed by atoms with Crippen molar-refractivity contribution >= 4 is 17.5 Å². The summed E-state index contributed by atoms with van der Waals surface area (Å²) in [7, 11) is 1.60. The molecular formula is C20H25N5O4. The molecule has 0 aliphatic carbocycles. The Morgan fingerprint density at radius 1 is 1.14 bits per heavy atom. The van der Waals surface area contributed by atoms with Gasteiger partial charge in [-0.2, -0.15) is 0 Å². The van der Waals surface area contributed by atoms with E-state index in [9.17, 15) is 9.59 Å². The third kappa shape index (κ3) is 3.95. The van der Waals surface area contributed by atoms with Crippen LogP contribution in [-0.4, -0.2) is 64.9 Å². The zero-order valence-electron chi connectivity index (χ0n) is 16.6. The third-order valence-corrected chi connectivity index (χ3v) is 5.60. The van der Waals surface area contributed by atoms with Gasteiger partial charge in [0.2, 0.25) is 11.7 Å². The lowest BCUT2D eigenvalue weighted by atomic mass is 9.89. The lowest BCUT2D eigenvalue weighted by Gasteiger charge is -2.25. The van der Waals surface area contributed by atoms with Gasteiger partial charge < -0.3 is 24.3 Å². The minimum absolute atomic E-state index is 0.0227. The van der Waals surface area contributed by atoms with Crippen molar-refractivity contribution in [2.75, 3.05) is 38.7 Å². The average Bonchev–Trinajstić information content (AvgIpc) is 3.34. The summed E-state index contributed by atoms with van der Waals surface area (Å²) in [6, 6.07) is 7.12. The lowest BCUT2D eigenvalue weighted by Crippen LogP contribution is -2.32. The van der Waals surface area contributed by atoms with E-state index in [2.05, 4.69) is 15.5 Å². The molecule has 0 saturated carbocycles. The van der Waals surface area contributed by atoms with Crippen LogP contribution in [0.2, 0.25) is 0 Å². The molecule has 3 heterocycles. The van der Waals surface area contributed by atoms with Gasteiger partial charge in [-0.1, -0.05) is 0 Å². The molecule has 1 fully saturated rings. The Labute approximate surface area is 169 Å². The van der Waals surface area contributed by atoms with Crippen LogP contribution in [0.3, 0.4) is 0 Å². The number of likely N-dealkylation sites (tertiary alicyclic amines) is 1.